The third-order valence-corrected chi connectivity index (χ3v) is 4.29. The van der Waals surface area contributed by atoms with Crippen LogP contribution in [0.15, 0.2) is 38.7 Å². The second-order valence-electron chi connectivity index (χ2n) is 4.00. The fraction of sp³-hybridized carbons (Fsp3) is 0.250. The van der Waals surface area contributed by atoms with Gasteiger partial charge in [0.25, 0.3) is 0 Å². The quantitative estimate of drug-likeness (QED) is 0.684. The molecule has 1 N–H and O–H groups in total. The van der Waals surface area contributed by atoms with E-state index >= 15 is 0 Å². The summed E-state index contributed by atoms with van der Waals surface area (Å²) in [7, 11) is 1.62. The van der Waals surface area contributed by atoms with Crippen molar-refractivity contribution in [1.29, 1.82) is 0 Å². The van der Waals surface area contributed by atoms with Crippen LogP contribution in [0.3, 0.4) is 0 Å². The number of hydrogen-bond acceptors (Lipinski definition) is 4. The maximum atomic E-state index is 12.2. The van der Waals surface area contributed by atoms with Gasteiger partial charge in [-0.15, -0.1) is 5.10 Å². The first-order valence-electron chi connectivity index (χ1n) is 5.57. The van der Waals surface area contributed by atoms with Crippen molar-refractivity contribution in [2.45, 2.75) is 17.3 Å². The van der Waals surface area contributed by atoms with E-state index in [2.05, 4.69) is 26.1 Å². The summed E-state index contributed by atoms with van der Waals surface area (Å²) in [4.78, 5) is 23.5. The Hall–Kier alpha value is -1.34. The molecule has 1 heterocycles. The number of H-pyrrole nitrogens is 1. The molecule has 5 nitrogen and oxygen atoms in total. The van der Waals surface area contributed by atoms with Crippen LogP contribution in [0.2, 0.25) is 0 Å². The van der Waals surface area contributed by atoms with Crippen LogP contribution in [0, 0.1) is 0 Å². The van der Waals surface area contributed by atoms with Gasteiger partial charge < -0.3 is 0 Å². The number of carbonyl (C=O) groups excluding carboxylic acids is 1. The Balaban J connectivity index is 2.14. The zero-order valence-corrected chi connectivity index (χ0v) is 12.8. The molecule has 1 aromatic carbocycles. The van der Waals surface area contributed by atoms with Gasteiger partial charge in [-0.1, -0.05) is 39.8 Å². The molecular weight excluding hydrogens is 330 g/mol. The van der Waals surface area contributed by atoms with Gasteiger partial charge in [-0.05, 0) is 19.1 Å². The lowest BCUT2D eigenvalue weighted by Gasteiger charge is -2.09. The fourth-order valence-electron chi connectivity index (χ4n) is 1.50. The number of rotatable bonds is 4. The van der Waals surface area contributed by atoms with Gasteiger partial charge in [0.1, 0.15) is 0 Å². The molecule has 2 rings (SSSR count). The predicted octanol–water partition coefficient (Wildman–Crippen LogP) is 2.23. The number of hydrogen-bond donors (Lipinski definition) is 1. The number of nitrogens with one attached hydrogen (secondary N) is 1. The molecule has 7 heteroatoms. The Morgan fingerprint density at radius 2 is 2.05 bits per heavy atom. The van der Waals surface area contributed by atoms with Crippen molar-refractivity contribution in [1.82, 2.24) is 14.8 Å². The number of aromatic nitrogens is 3. The lowest BCUT2D eigenvalue weighted by molar-refractivity contribution is 0.0994. The normalized spacial score (nSPS) is 12.4. The first-order chi connectivity index (χ1) is 8.99. The molecule has 1 atom stereocenters. The van der Waals surface area contributed by atoms with Gasteiger partial charge in [0.15, 0.2) is 10.9 Å². The lowest BCUT2D eigenvalue weighted by Crippen LogP contribution is -2.16. The lowest BCUT2D eigenvalue weighted by atomic mass is 10.1. The topological polar surface area (TPSA) is 67.8 Å². The van der Waals surface area contributed by atoms with Crippen LogP contribution in [0.1, 0.15) is 17.3 Å². The molecule has 0 saturated heterocycles. The molecule has 0 aliphatic heterocycles. The van der Waals surface area contributed by atoms with Crippen LogP contribution in [0.4, 0.5) is 0 Å². The Labute approximate surface area is 122 Å². The van der Waals surface area contributed by atoms with E-state index in [-0.39, 0.29) is 16.7 Å². The van der Waals surface area contributed by atoms with Crippen molar-refractivity contribution in [2.75, 3.05) is 0 Å². The molecule has 0 amide bonds. The number of Topliss-reactive ketones (excluding diaryl/α,β-unsaturated/α-hetero) is 1. The van der Waals surface area contributed by atoms with Gasteiger partial charge >= 0.3 is 5.69 Å². The van der Waals surface area contributed by atoms with E-state index in [0.29, 0.717) is 10.7 Å². The first kappa shape index (κ1) is 14.1. The van der Waals surface area contributed by atoms with Gasteiger partial charge in [-0.25, -0.2) is 9.89 Å². The maximum absolute atomic E-state index is 12.2. The summed E-state index contributed by atoms with van der Waals surface area (Å²) < 4.78 is 2.31. The molecule has 19 heavy (non-hydrogen) atoms. The number of ketones is 1. The molecule has 1 aromatic heterocycles. The third kappa shape index (κ3) is 3.16. The smallest absolute Gasteiger partial charge is 0.293 e. The van der Waals surface area contributed by atoms with E-state index in [4.69, 9.17) is 0 Å². The zero-order valence-electron chi connectivity index (χ0n) is 10.4. The average molecular weight is 342 g/mol. The minimum atomic E-state index is -0.310. The van der Waals surface area contributed by atoms with Crippen molar-refractivity contribution in [3.63, 3.8) is 0 Å². The number of thioether (sulfide) groups is 1. The van der Waals surface area contributed by atoms with E-state index in [9.17, 15) is 9.59 Å². The third-order valence-electron chi connectivity index (χ3n) is 2.62. The van der Waals surface area contributed by atoms with E-state index in [1.807, 2.05) is 12.1 Å². The van der Waals surface area contributed by atoms with Crippen LogP contribution in [-0.2, 0) is 7.05 Å². The second kappa shape index (κ2) is 5.75. The van der Waals surface area contributed by atoms with Crippen molar-refractivity contribution < 1.29 is 4.79 Å². The summed E-state index contributed by atoms with van der Waals surface area (Å²) >= 11 is 4.59. The summed E-state index contributed by atoms with van der Waals surface area (Å²) in [6.07, 6.45) is 0. The SMILES string of the molecule is C[C@@H](Sc1n[nH]c(=O)n1C)C(=O)c1ccc(Br)cc1. The number of halogens is 1. The number of carbonyl (C=O) groups is 1. The Bertz CT molecular complexity index is 648. The minimum absolute atomic E-state index is 0.00736. The molecule has 0 aliphatic rings. The number of aromatic amines is 1. The van der Waals surface area contributed by atoms with Crippen molar-refractivity contribution in [3.8, 4) is 0 Å². The molecule has 0 bridgehead atoms. The van der Waals surface area contributed by atoms with Crippen LogP contribution in [-0.4, -0.2) is 25.8 Å². The van der Waals surface area contributed by atoms with E-state index in [1.165, 1.54) is 16.3 Å². The highest BCUT2D eigenvalue weighted by Crippen LogP contribution is 2.23. The molecular formula is C12H12BrN3O2S. The van der Waals surface area contributed by atoms with E-state index in [1.54, 1.807) is 26.1 Å². The summed E-state index contributed by atoms with van der Waals surface area (Å²) in [5.74, 6) is 0.00736. The van der Waals surface area contributed by atoms with Gasteiger partial charge in [-0.3, -0.25) is 9.36 Å². The van der Waals surface area contributed by atoms with Crippen molar-refractivity contribution in [2.24, 2.45) is 7.05 Å². The Morgan fingerprint density at radius 1 is 1.42 bits per heavy atom. The van der Waals surface area contributed by atoms with Crippen LogP contribution < -0.4 is 5.69 Å². The Kier molecular flexibility index (Phi) is 4.26. The van der Waals surface area contributed by atoms with Crippen LogP contribution in [0.25, 0.3) is 0 Å². The van der Waals surface area contributed by atoms with E-state index in [0.717, 1.165) is 4.47 Å². The minimum Gasteiger partial charge on any atom is -0.293 e. The summed E-state index contributed by atoms with van der Waals surface area (Å²) in [6.45, 7) is 1.80. The van der Waals surface area contributed by atoms with Crippen molar-refractivity contribution >= 4 is 33.5 Å². The molecule has 0 spiro atoms. The summed E-state index contributed by atoms with van der Waals surface area (Å²) in [6, 6.07) is 7.20. The molecule has 0 saturated carbocycles. The Morgan fingerprint density at radius 3 is 2.58 bits per heavy atom. The van der Waals surface area contributed by atoms with Crippen LogP contribution in [0.5, 0.6) is 0 Å². The number of benzene rings is 1. The fourth-order valence-corrected chi connectivity index (χ4v) is 2.66. The molecule has 0 fully saturated rings. The standard InChI is InChI=1S/C12H12BrN3O2S/c1-7(19-12-15-14-11(18)16(12)2)10(17)8-3-5-9(13)6-4-8/h3-7H,1-2H3,(H,14,18)/t7-/m1/s1. The van der Waals surface area contributed by atoms with Gasteiger partial charge in [0.05, 0.1) is 5.25 Å². The summed E-state index contributed by atoms with van der Waals surface area (Å²) in [5, 5.41) is 6.41. The zero-order chi connectivity index (χ0) is 14.0. The molecule has 0 aliphatic carbocycles. The molecule has 100 valence electrons. The van der Waals surface area contributed by atoms with Crippen molar-refractivity contribution in [3.05, 3.63) is 44.8 Å². The molecule has 0 radical (unpaired) electrons. The second-order valence-corrected chi connectivity index (χ2v) is 6.23. The first-order valence-corrected chi connectivity index (χ1v) is 7.24. The van der Waals surface area contributed by atoms with Gasteiger partial charge in [-0.2, -0.15) is 0 Å². The van der Waals surface area contributed by atoms with Gasteiger partial charge in [0.2, 0.25) is 0 Å². The highest BCUT2D eigenvalue weighted by atomic mass is 79.9. The number of nitrogens with zero attached hydrogens (tertiary/aromatic N) is 2. The highest BCUT2D eigenvalue weighted by molar-refractivity contribution is 9.10. The highest BCUT2D eigenvalue weighted by Gasteiger charge is 2.19. The largest absolute Gasteiger partial charge is 0.343 e. The molecule has 0 unspecified atom stereocenters. The van der Waals surface area contributed by atoms with Crippen LogP contribution >= 0.6 is 27.7 Å². The monoisotopic (exact) mass is 341 g/mol. The maximum Gasteiger partial charge on any atom is 0.343 e. The molecule has 2 aromatic rings. The summed E-state index contributed by atoms with van der Waals surface area (Å²) in [5.41, 5.74) is 0.356. The van der Waals surface area contributed by atoms with Gasteiger partial charge in [0, 0.05) is 17.1 Å². The predicted molar refractivity (Wildman–Crippen MR) is 77.6 cm³/mol. The van der Waals surface area contributed by atoms with E-state index < -0.39 is 0 Å². The average Bonchev–Trinajstić information content (AvgIpc) is 2.71.